The minimum absolute atomic E-state index is 0.104. The summed E-state index contributed by atoms with van der Waals surface area (Å²) in [6, 6.07) is 0. The average Bonchev–Trinajstić information content (AvgIpc) is 3.11. The summed E-state index contributed by atoms with van der Waals surface area (Å²) in [4.78, 5) is 24.3. The van der Waals surface area contributed by atoms with Gasteiger partial charge < -0.3 is 19.7 Å². The second-order valence-electron chi connectivity index (χ2n) is 13.9. The first-order valence-electron chi connectivity index (χ1n) is 20.8. The largest absolute Gasteiger partial charge is 0.462 e. The molecule has 2 atom stereocenters. The molecule has 0 aromatic carbocycles. The quantitative estimate of drug-likeness (QED) is 0.0290. The van der Waals surface area contributed by atoms with E-state index in [1.165, 1.54) is 116 Å². The maximum Gasteiger partial charge on any atom is 0.306 e. The van der Waals surface area contributed by atoms with E-state index in [0.717, 1.165) is 38.5 Å². The number of unbranched alkanes of at least 4 members (excludes halogenated alkanes) is 21. The van der Waals surface area contributed by atoms with Gasteiger partial charge in [0.25, 0.3) is 0 Å². The highest BCUT2D eigenvalue weighted by molar-refractivity contribution is 5.70. The highest BCUT2D eigenvalue weighted by Crippen LogP contribution is 2.15. The monoisotopic (exact) mass is 703 g/mol. The van der Waals surface area contributed by atoms with E-state index in [2.05, 4.69) is 26.0 Å². The van der Waals surface area contributed by atoms with Crippen molar-refractivity contribution in [1.29, 1.82) is 0 Å². The van der Waals surface area contributed by atoms with Crippen molar-refractivity contribution in [3.63, 3.8) is 0 Å². The van der Waals surface area contributed by atoms with Gasteiger partial charge >= 0.3 is 11.9 Å². The average molecular weight is 703 g/mol. The first-order chi connectivity index (χ1) is 24.5. The lowest BCUT2D eigenvalue weighted by Crippen LogP contribution is -2.28. The van der Waals surface area contributed by atoms with Crippen LogP contribution in [0, 0.1) is 0 Å². The lowest BCUT2D eigenvalue weighted by atomic mass is 10.0. The highest BCUT2D eigenvalue weighted by Gasteiger charge is 2.16. The number of rotatable bonds is 37. The lowest BCUT2D eigenvalue weighted by Gasteiger charge is -2.15. The fourth-order valence-corrected chi connectivity index (χ4v) is 5.75. The van der Waals surface area contributed by atoms with Gasteiger partial charge in [-0.25, -0.2) is 0 Å². The van der Waals surface area contributed by atoms with Gasteiger partial charge in [-0.1, -0.05) is 184 Å². The fraction of sp³-hybridized carbons (Fsp3) is 0.773. The molecule has 0 amide bonds. The van der Waals surface area contributed by atoms with Crippen LogP contribution in [0.3, 0.4) is 0 Å². The normalized spacial score (nSPS) is 13.3. The number of hydrogen-bond donors (Lipinski definition) is 2. The highest BCUT2D eigenvalue weighted by atomic mass is 16.6. The summed E-state index contributed by atoms with van der Waals surface area (Å²) in [7, 11) is 0. The zero-order valence-electron chi connectivity index (χ0n) is 32.5. The number of hydrogen-bond acceptors (Lipinski definition) is 6. The van der Waals surface area contributed by atoms with Crippen molar-refractivity contribution in [2.24, 2.45) is 0 Å². The molecule has 0 bridgehead atoms. The molecule has 0 aromatic heterocycles. The zero-order chi connectivity index (χ0) is 36.6. The Hall–Kier alpha value is -2.18. The van der Waals surface area contributed by atoms with Crippen LogP contribution in [0.1, 0.15) is 194 Å². The molecule has 6 nitrogen and oxygen atoms in total. The Morgan fingerprint density at radius 3 is 1.64 bits per heavy atom. The van der Waals surface area contributed by atoms with Crippen molar-refractivity contribution >= 4 is 11.9 Å². The molecule has 0 aliphatic carbocycles. The molecule has 0 spiro atoms. The van der Waals surface area contributed by atoms with Gasteiger partial charge in [0.2, 0.25) is 0 Å². The summed E-state index contributed by atoms with van der Waals surface area (Å²) in [5.74, 6) is -0.691. The Balaban J connectivity index is 3.68. The van der Waals surface area contributed by atoms with Crippen LogP contribution in [-0.2, 0) is 19.1 Å². The summed E-state index contributed by atoms with van der Waals surface area (Å²) in [5, 5.41) is 19.5. The molecule has 2 N–H and O–H groups in total. The minimum Gasteiger partial charge on any atom is -0.462 e. The van der Waals surface area contributed by atoms with Gasteiger partial charge in [-0.05, 0) is 44.9 Å². The van der Waals surface area contributed by atoms with E-state index in [0.29, 0.717) is 19.3 Å². The van der Waals surface area contributed by atoms with E-state index in [1.54, 1.807) is 6.08 Å². The van der Waals surface area contributed by atoms with Gasteiger partial charge in [0.05, 0.1) is 12.7 Å². The lowest BCUT2D eigenvalue weighted by molar-refractivity contribution is -0.161. The number of esters is 2. The topological polar surface area (TPSA) is 93.1 Å². The minimum atomic E-state index is -0.819. The maximum atomic E-state index is 12.2. The van der Waals surface area contributed by atoms with Gasteiger partial charge in [-0.3, -0.25) is 9.59 Å². The van der Waals surface area contributed by atoms with Crippen molar-refractivity contribution < 1.29 is 29.3 Å². The van der Waals surface area contributed by atoms with Crippen molar-refractivity contribution in [3.05, 3.63) is 48.6 Å². The Bertz CT molecular complexity index is 861. The van der Waals surface area contributed by atoms with Crippen LogP contribution >= 0.6 is 0 Å². The third-order valence-electron chi connectivity index (χ3n) is 8.96. The van der Waals surface area contributed by atoms with Gasteiger partial charge in [0.1, 0.15) is 6.61 Å². The van der Waals surface area contributed by atoms with Crippen LogP contribution in [0.5, 0.6) is 0 Å². The number of aliphatic hydroxyl groups excluding tert-OH is 2. The molecule has 6 heteroatoms. The SMILES string of the molecule is CCCCC/C=C\C[C@H](O)/C=C/C=C\C/C=C\CCCC(=O)O[C@@H](CO)COC(=O)CCCCCCCCCCCCCCCCCCCC. The number of carbonyl (C=O) groups is 2. The maximum absolute atomic E-state index is 12.2. The van der Waals surface area contributed by atoms with E-state index in [1.807, 2.05) is 30.4 Å². The van der Waals surface area contributed by atoms with Crippen molar-refractivity contribution in [2.75, 3.05) is 13.2 Å². The summed E-state index contributed by atoms with van der Waals surface area (Å²) in [6.45, 7) is 4.00. The molecule has 0 heterocycles. The fourth-order valence-electron chi connectivity index (χ4n) is 5.75. The van der Waals surface area contributed by atoms with E-state index in [9.17, 15) is 19.8 Å². The predicted octanol–water partition coefficient (Wildman–Crippen LogP) is 12.0. The van der Waals surface area contributed by atoms with Crippen molar-refractivity contribution in [2.45, 2.75) is 206 Å². The molecule has 0 aliphatic rings. The third-order valence-corrected chi connectivity index (χ3v) is 8.96. The summed E-state index contributed by atoms with van der Waals surface area (Å²) in [6.07, 6.45) is 46.3. The first kappa shape index (κ1) is 47.8. The van der Waals surface area contributed by atoms with Crippen molar-refractivity contribution in [3.8, 4) is 0 Å². The Kier molecular flexibility index (Phi) is 37.9. The Morgan fingerprint density at radius 1 is 0.560 bits per heavy atom. The van der Waals surface area contributed by atoms with Gasteiger partial charge in [0.15, 0.2) is 6.10 Å². The predicted molar refractivity (Wildman–Crippen MR) is 211 cm³/mol. The Labute approximate surface area is 308 Å². The summed E-state index contributed by atoms with van der Waals surface area (Å²) < 4.78 is 10.6. The molecule has 0 aliphatic heterocycles. The van der Waals surface area contributed by atoms with Gasteiger partial charge in [-0.2, -0.15) is 0 Å². The number of ether oxygens (including phenoxy) is 2. The van der Waals surface area contributed by atoms with Crippen LogP contribution in [0.2, 0.25) is 0 Å². The van der Waals surface area contributed by atoms with Gasteiger partial charge in [0, 0.05) is 12.8 Å². The standard InChI is InChI=1S/C44H78O6/c1-3-5-7-9-11-12-13-14-15-16-17-18-19-20-21-25-29-33-37-43(47)49-40-42(39-45)50-44(48)38-34-30-26-23-22-24-28-32-36-41(46)35-31-27-10-8-6-4-2/h23-24,26-28,31-32,36,41-42,45-46H,3-22,25,29-30,33-35,37-40H2,1-2H3/b26-23-,28-24-,31-27-,36-32+/t41-,42-/m0/s1. The molecule has 0 radical (unpaired) electrons. The van der Waals surface area contributed by atoms with E-state index in [-0.39, 0.29) is 25.6 Å². The third kappa shape index (κ3) is 37.1. The molecule has 50 heavy (non-hydrogen) atoms. The van der Waals surface area contributed by atoms with E-state index < -0.39 is 18.2 Å². The number of allylic oxidation sites excluding steroid dienone is 6. The smallest absolute Gasteiger partial charge is 0.306 e. The number of aliphatic hydroxyl groups is 2. The molecule has 0 saturated carbocycles. The van der Waals surface area contributed by atoms with Crippen LogP contribution in [0.25, 0.3) is 0 Å². The molecule has 0 rings (SSSR count). The molecule has 0 aromatic rings. The van der Waals surface area contributed by atoms with Gasteiger partial charge in [-0.15, -0.1) is 0 Å². The first-order valence-corrected chi connectivity index (χ1v) is 20.8. The molecule has 0 fully saturated rings. The molecular weight excluding hydrogens is 624 g/mol. The summed E-state index contributed by atoms with van der Waals surface area (Å²) in [5.41, 5.74) is 0. The van der Waals surface area contributed by atoms with Crippen LogP contribution in [-0.4, -0.2) is 47.6 Å². The van der Waals surface area contributed by atoms with Crippen LogP contribution < -0.4 is 0 Å². The molecule has 0 saturated heterocycles. The van der Waals surface area contributed by atoms with E-state index >= 15 is 0 Å². The zero-order valence-corrected chi connectivity index (χ0v) is 32.5. The van der Waals surface area contributed by atoms with Crippen LogP contribution in [0.4, 0.5) is 0 Å². The number of carbonyl (C=O) groups excluding carboxylic acids is 2. The van der Waals surface area contributed by atoms with E-state index in [4.69, 9.17) is 9.47 Å². The van der Waals surface area contributed by atoms with Crippen LogP contribution in [0.15, 0.2) is 48.6 Å². The van der Waals surface area contributed by atoms with Crippen molar-refractivity contribution in [1.82, 2.24) is 0 Å². The molecule has 0 unspecified atom stereocenters. The molecular formula is C44H78O6. The second kappa shape index (κ2) is 39.6. The molecule has 290 valence electrons. The summed E-state index contributed by atoms with van der Waals surface area (Å²) >= 11 is 0. The second-order valence-corrected chi connectivity index (χ2v) is 13.9. The Morgan fingerprint density at radius 2 is 1.06 bits per heavy atom.